The van der Waals surface area contributed by atoms with E-state index < -0.39 is 0 Å². The second-order valence-electron chi connectivity index (χ2n) is 4.22. The van der Waals surface area contributed by atoms with Crippen LogP contribution >= 0.6 is 54.8 Å². The van der Waals surface area contributed by atoms with E-state index in [1.54, 1.807) is 23.5 Å². The summed E-state index contributed by atoms with van der Waals surface area (Å²) in [4.78, 5) is 12.7. The van der Waals surface area contributed by atoms with Gasteiger partial charge in [0.05, 0.1) is 5.02 Å². The third-order valence-electron chi connectivity index (χ3n) is 2.97. The molecular weight excluding hydrogens is 423 g/mol. The minimum absolute atomic E-state index is 0.0550. The molecule has 1 heterocycles. The van der Waals surface area contributed by atoms with Gasteiger partial charge in [-0.3, -0.25) is 4.79 Å². The molecule has 3 rings (SSSR count). The largest absolute Gasteiger partial charge is 0.288 e. The molecule has 0 aliphatic carbocycles. The topological polar surface area (TPSA) is 17.1 Å². The Morgan fingerprint density at radius 2 is 1.90 bits per heavy atom. The molecule has 0 saturated heterocycles. The highest BCUT2D eigenvalue weighted by molar-refractivity contribution is 9.11. The molecule has 100 valence electrons. The number of thiophene rings is 1. The molecule has 0 bridgehead atoms. The Morgan fingerprint density at radius 3 is 2.70 bits per heavy atom. The average molecular weight is 431 g/mol. The fourth-order valence-corrected chi connectivity index (χ4v) is 4.18. The lowest BCUT2D eigenvalue weighted by Gasteiger charge is -2.04. The fourth-order valence-electron chi connectivity index (χ4n) is 2.01. The molecule has 0 radical (unpaired) electrons. The quantitative estimate of drug-likeness (QED) is 0.436. The third kappa shape index (κ3) is 2.46. The van der Waals surface area contributed by atoms with Crippen molar-refractivity contribution in [3.8, 4) is 0 Å². The summed E-state index contributed by atoms with van der Waals surface area (Å²) in [5.41, 5.74) is 1.20. The Bertz CT molecular complexity index is 826. The van der Waals surface area contributed by atoms with Crippen LogP contribution in [0.15, 0.2) is 50.7 Å². The first kappa shape index (κ1) is 14.3. The molecule has 3 aromatic rings. The maximum Gasteiger partial charge on any atom is 0.196 e. The highest BCUT2D eigenvalue weighted by Crippen LogP contribution is 2.34. The normalized spacial score (nSPS) is 10.9. The summed E-state index contributed by atoms with van der Waals surface area (Å²) < 4.78 is 2.91. The maximum atomic E-state index is 12.7. The van der Waals surface area contributed by atoms with E-state index in [0.29, 0.717) is 16.1 Å². The molecule has 0 amide bonds. The van der Waals surface area contributed by atoms with Crippen molar-refractivity contribution in [3.63, 3.8) is 0 Å². The van der Waals surface area contributed by atoms with Crippen LogP contribution in [0.3, 0.4) is 0 Å². The lowest BCUT2D eigenvalue weighted by molar-refractivity contribution is 0.104. The Hall–Kier alpha value is -0.680. The molecule has 1 aromatic heterocycles. The molecule has 2 aromatic carbocycles. The number of fused-ring (bicyclic) bond motifs is 1. The van der Waals surface area contributed by atoms with Crippen LogP contribution in [0.25, 0.3) is 10.1 Å². The smallest absolute Gasteiger partial charge is 0.196 e. The van der Waals surface area contributed by atoms with Crippen LogP contribution in [0, 0.1) is 0 Å². The molecule has 0 spiro atoms. The Balaban J connectivity index is 2.18. The van der Waals surface area contributed by atoms with Crippen molar-refractivity contribution in [1.82, 2.24) is 0 Å². The van der Waals surface area contributed by atoms with Crippen LogP contribution < -0.4 is 0 Å². The van der Waals surface area contributed by atoms with Gasteiger partial charge in [-0.15, -0.1) is 11.3 Å². The second-order valence-corrected chi connectivity index (χ2v) is 7.28. The Labute approximate surface area is 141 Å². The van der Waals surface area contributed by atoms with Crippen molar-refractivity contribution in [2.75, 3.05) is 0 Å². The van der Waals surface area contributed by atoms with Gasteiger partial charge >= 0.3 is 0 Å². The predicted molar refractivity (Wildman–Crippen MR) is 92.1 cm³/mol. The third-order valence-corrected chi connectivity index (χ3v) is 5.74. The highest BCUT2D eigenvalue weighted by Gasteiger charge is 2.18. The van der Waals surface area contributed by atoms with Gasteiger partial charge in [-0.1, -0.05) is 39.7 Å². The standard InChI is InChI=1S/C15H7Br2ClOS/c16-8-4-5-13(18)10(6-8)14(19)11-7-20-15-9(11)2-1-3-12(15)17/h1-7H. The number of carbonyl (C=O) groups excluding carboxylic acids is 1. The van der Waals surface area contributed by atoms with E-state index in [-0.39, 0.29) is 5.78 Å². The molecule has 1 nitrogen and oxygen atoms in total. The van der Waals surface area contributed by atoms with Crippen LogP contribution in [-0.2, 0) is 0 Å². The molecule has 20 heavy (non-hydrogen) atoms. The molecular formula is C15H7Br2ClOS. The van der Waals surface area contributed by atoms with Gasteiger partial charge in [0.1, 0.15) is 0 Å². The summed E-state index contributed by atoms with van der Waals surface area (Å²) in [6, 6.07) is 11.2. The second kappa shape index (κ2) is 5.60. The first-order chi connectivity index (χ1) is 9.58. The number of carbonyl (C=O) groups is 1. The lowest BCUT2D eigenvalue weighted by Crippen LogP contribution is -2.01. The van der Waals surface area contributed by atoms with Crippen LogP contribution in [0.2, 0.25) is 5.02 Å². The van der Waals surface area contributed by atoms with E-state index in [0.717, 1.165) is 19.0 Å². The number of ketones is 1. The summed E-state index contributed by atoms with van der Waals surface area (Å²) in [5.74, 6) is -0.0550. The summed E-state index contributed by atoms with van der Waals surface area (Å²) >= 11 is 14.6. The Morgan fingerprint density at radius 1 is 1.10 bits per heavy atom. The number of hydrogen-bond acceptors (Lipinski definition) is 2. The number of rotatable bonds is 2. The van der Waals surface area contributed by atoms with Gasteiger partial charge < -0.3 is 0 Å². The summed E-state index contributed by atoms with van der Waals surface area (Å²) in [7, 11) is 0. The van der Waals surface area contributed by atoms with Crippen molar-refractivity contribution >= 4 is 70.7 Å². The van der Waals surface area contributed by atoms with Gasteiger partial charge in [-0.2, -0.15) is 0 Å². The predicted octanol–water partition coefficient (Wildman–Crippen LogP) is 6.31. The van der Waals surface area contributed by atoms with Crippen LogP contribution in [-0.4, -0.2) is 5.78 Å². The van der Waals surface area contributed by atoms with E-state index in [9.17, 15) is 4.79 Å². The zero-order valence-corrected chi connectivity index (χ0v) is 14.7. The van der Waals surface area contributed by atoms with Crippen LogP contribution in [0.5, 0.6) is 0 Å². The maximum absolute atomic E-state index is 12.7. The fraction of sp³-hybridized carbons (Fsp3) is 0. The zero-order valence-electron chi connectivity index (χ0n) is 9.99. The van der Waals surface area contributed by atoms with Gasteiger partial charge in [0, 0.05) is 35.5 Å². The van der Waals surface area contributed by atoms with Crippen molar-refractivity contribution in [1.29, 1.82) is 0 Å². The average Bonchev–Trinajstić information content (AvgIpc) is 2.86. The Kier molecular flexibility index (Phi) is 4.00. The van der Waals surface area contributed by atoms with Crippen molar-refractivity contribution in [2.45, 2.75) is 0 Å². The monoisotopic (exact) mass is 428 g/mol. The van der Waals surface area contributed by atoms with Gasteiger partial charge in [-0.05, 0) is 40.2 Å². The summed E-state index contributed by atoms with van der Waals surface area (Å²) in [5, 5.41) is 3.30. The number of halogens is 3. The molecule has 0 unspecified atom stereocenters. The van der Waals surface area contributed by atoms with Crippen LogP contribution in [0.1, 0.15) is 15.9 Å². The number of benzene rings is 2. The lowest BCUT2D eigenvalue weighted by atomic mass is 10.0. The van der Waals surface area contributed by atoms with Crippen molar-refractivity contribution in [3.05, 3.63) is 66.9 Å². The van der Waals surface area contributed by atoms with E-state index in [1.165, 1.54) is 0 Å². The molecule has 0 fully saturated rings. The van der Waals surface area contributed by atoms with Crippen molar-refractivity contribution in [2.24, 2.45) is 0 Å². The molecule has 5 heteroatoms. The molecule has 0 atom stereocenters. The van der Waals surface area contributed by atoms with E-state index >= 15 is 0 Å². The minimum Gasteiger partial charge on any atom is -0.288 e. The van der Waals surface area contributed by atoms with Gasteiger partial charge in [-0.25, -0.2) is 0 Å². The molecule has 0 N–H and O–H groups in total. The first-order valence-electron chi connectivity index (χ1n) is 5.73. The van der Waals surface area contributed by atoms with E-state index in [1.807, 2.05) is 29.6 Å². The highest BCUT2D eigenvalue weighted by atomic mass is 79.9. The van der Waals surface area contributed by atoms with Gasteiger partial charge in [0.25, 0.3) is 0 Å². The molecule has 0 aliphatic rings. The first-order valence-corrected chi connectivity index (χ1v) is 8.58. The molecule has 0 aliphatic heterocycles. The van der Waals surface area contributed by atoms with Gasteiger partial charge in [0.15, 0.2) is 5.78 Å². The summed E-state index contributed by atoms with van der Waals surface area (Å²) in [6.45, 7) is 0. The van der Waals surface area contributed by atoms with E-state index in [2.05, 4.69) is 31.9 Å². The summed E-state index contributed by atoms with van der Waals surface area (Å²) in [6.07, 6.45) is 0. The zero-order chi connectivity index (χ0) is 14.3. The number of hydrogen-bond donors (Lipinski definition) is 0. The van der Waals surface area contributed by atoms with Crippen LogP contribution in [0.4, 0.5) is 0 Å². The minimum atomic E-state index is -0.0550. The molecule has 0 saturated carbocycles. The van der Waals surface area contributed by atoms with E-state index in [4.69, 9.17) is 11.6 Å². The van der Waals surface area contributed by atoms with Gasteiger partial charge in [0.2, 0.25) is 0 Å². The van der Waals surface area contributed by atoms with Crippen molar-refractivity contribution < 1.29 is 4.79 Å². The SMILES string of the molecule is O=C(c1cc(Br)ccc1Cl)c1csc2c(Br)cccc12.